The van der Waals surface area contributed by atoms with Gasteiger partial charge in [-0.2, -0.15) is 4.99 Å². The molecule has 0 N–H and O–H groups in total. The van der Waals surface area contributed by atoms with Crippen LogP contribution < -0.4 is 4.80 Å². The predicted octanol–water partition coefficient (Wildman–Crippen LogP) is 3.92. The maximum absolute atomic E-state index is 13.0. The van der Waals surface area contributed by atoms with E-state index in [4.69, 9.17) is 9.47 Å². The number of nitro benzene ring substituents is 1. The molecule has 0 aliphatic heterocycles. The van der Waals surface area contributed by atoms with Crippen LogP contribution in [0.25, 0.3) is 20.3 Å². The van der Waals surface area contributed by atoms with E-state index in [9.17, 15) is 24.5 Å². The quantitative estimate of drug-likeness (QED) is 0.223. The van der Waals surface area contributed by atoms with Crippen molar-refractivity contribution in [2.24, 2.45) is 4.99 Å². The second-order valence-corrected chi connectivity index (χ2v) is 9.05. The predicted molar refractivity (Wildman–Crippen MR) is 126 cm³/mol. The highest BCUT2D eigenvalue weighted by Crippen LogP contribution is 2.29. The number of esters is 2. The van der Waals surface area contributed by atoms with Crippen molar-refractivity contribution in [3.05, 3.63) is 67.8 Å². The molecule has 0 atom stereocenters. The Balaban J connectivity index is 1.80. The van der Waals surface area contributed by atoms with Crippen molar-refractivity contribution in [3.8, 4) is 0 Å². The number of ether oxygens (including phenoxy) is 2. The van der Waals surface area contributed by atoms with Gasteiger partial charge in [0.25, 0.3) is 11.6 Å². The minimum Gasteiger partial charge on any atom is -0.468 e. The molecule has 0 saturated carbocycles. The molecular weight excluding hydrogens is 482 g/mol. The van der Waals surface area contributed by atoms with Gasteiger partial charge < -0.3 is 14.0 Å². The van der Waals surface area contributed by atoms with Crippen molar-refractivity contribution in [3.63, 3.8) is 0 Å². The normalized spacial score (nSPS) is 11.6. The lowest BCUT2D eigenvalue weighted by Crippen LogP contribution is -2.22. The van der Waals surface area contributed by atoms with Crippen LogP contribution in [0.15, 0.2) is 47.5 Å². The van der Waals surface area contributed by atoms with Crippen LogP contribution in [-0.4, -0.2) is 41.1 Å². The van der Waals surface area contributed by atoms with Crippen molar-refractivity contribution < 1.29 is 28.8 Å². The lowest BCUT2D eigenvalue weighted by Gasteiger charge is -2.05. The number of thiazole rings is 1. The molecule has 2 heterocycles. The number of amides is 1. The number of carbonyl (C=O) groups is 3. The number of carbonyl (C=O) groups excluding carboxylic acids is 3. The van der Waals surface area contributed by atoms with Gasteiger partial charge in [-0.05, 0) is 37.3 Å². The number of aromatic nitrogens is 1. The number of nitrogens with zero attached hydrogens (tertiary/aromatic N) is 3. The standard InChI is InChI=1S/C22H17N3O7S2/c1-3-32-21(28)12-4-6-15-17(9-12)34-22(24(15)11-19(26)31-2)23-20(27)18-10-13-8-14(25(29)30)5-7-16(13)33-18/h4-10H,3,11H2,1-2H3. The zero-order chi connectivity index (χ0) is 24.4. The minimum atomic E-state index is -0.556. The molecule has 12 heteroatoms. The second-order valence-electron chi connectivity index (χ2n) is 6.96. The number of non-ortho nitro benzene ring substituents is 1. The summed E-state index contributed by atoms with van der Waals surface area (Å²) in [5.74, 6) is -1.57. The number of hydrogen-bond donors (Lipinski definition) is 0. The van der Waals surface area contributed by atoms with Crippen LogP contribution in [0.4, 0.5) is 5.69 Å². The summed E-state index contributed by atoms with van der Waals surface area (Å²) in [7, 11) is 1.26. The average molecular weight is 500 g/mol. The molecule has 2 aromatic heterocycles. The van der Waals surface area contributed by atoms with Gasteiger partial charge in [-0.1, -0.05) is 11.3 Å². The average Bonchev–Trinajstić information content (AvgIpc) is 3.39. The molecule has 0 radical (unpaired) electrons. The van der Waals surface area contributed by atoms with Crippen LogP contribution in [0.2, 0.25) is 0 Å². The SMILES string of the molecule is CCOC(=O)c1ccc2c(c1)sc(=NC(=O)c1cc3cc([N+](=O)[O-])ccc3s1)n2CC(=O)OC. The van der Waals surface area contributed by atoms with Crippen molar-refractivity contribution in [2.45, 2.75) is 13.5 Å². The number of benzene rings is 2. The Morgan fingerprint density at radius 3 is 2.59 bits per heavy atom. The molecule has 0 saturated heterocycles. The Morgan fingerprint density at radius 1 is 1.09 bits per heavy atom. The van der Waals surface area contributed by atoms with Gasteiger partial charge in [-0.3, -0.25) is 19.7 Å². The van der Waals surface area contributed by atoms with Gasteiger partial charge in [0, 0.05) is 22.2 Å². The van der Waals surface area contributed by atoms with E-state index in [1.165, 1.54) is 23.8 Å². The van der Waals surface area contributed by atoms with Crippen LogP contribution in [0.3, 0.4) is 0 Å². The van der Waals surface area contributed by atoms with E-state index in [1.54, 1.807) is 37.3 Å². The van der Waals surface area contributed by atoms with E-state index in [-0.39, 0.29) is 23.6 Å². The van der Waals surface area contributed by atoms with Crippen LogP contribution >= 0.6 is 22.7 Å². The Labute approximate surface area is 199 Å². The van der Waals surface area contributed by atoms with Crippen LogP contribution in [0.1, 0.15) is 27.0 Å². The number of rotatable bonds is 6. The van der Waals surface area contributed by atoms with Crippen LogP contribution in [-0.2, 0) is 20.8 Å². The van der Waals surface area contributed by atoms with E-state index >= 15 is 0 Å². The first-order valence-corrected chi connectivity index (χ1v) is 11.6. The van der Waals surface area contributed by atoms with E-state index in [0.29, 0.717) is 30.7 Å². The fourth-order valence-corrected chi connectivity index (χ4v) is 5.23. The summed E-state index contributed by atoms with van der Waals surface area (Å²) < 4.78 is 12.7. The lowest BCUT2D eigenvalue weighted by molar-refractivity contribution is -0.384. The zero-order valence-corrected chi connectivity index (χ0v) is 19.6. The molecule has 1 amide bonds. The highest BCUT2D eigenvalue weighted by molar-refractivity contribution is 7.21. The number of thiophene rings is 1. The summed E-state index contributed by atoms with van der Waals surface area (Å²) in [5, 5.41) is 11.6. The van der Waals surface area contributed by atoms with Gasteiger partial charge in [0.15, 0.2) is 4.80 Å². The first-order chi connectivity index (χ1) is 16.3. The number of hydrogen-bond acceptors (Lipinski definition) is 9. The van der Waals surface area contributed by atoms with E-state index in [1.807, 2.05) is 0 Å². The number of methoxy groups -OCH3 is 1. The first-order valence-electron chi connectivity index (χ1n) is 9.95. The van der Waals surface area contributed by atoms with E-state index < -0.39 is 22.8 Å². The van der Waals surface area contributed by atoms with Gasteiger partial charge in [0.05, 0.1) is 39.3 Å². The van der Waals surface area contributed by atoms with Crippen LogP contribution in [0, 0.1) is 10.1 Å². The maximum atomic E-state index is 13.0. The van der Waals surface area contributed by atoms with Crippen LogP contribution in [0.5, 0.6) is 0 Å². The first kappa shape index (κ1) is 23.3. The summed E-state index contributed by atoms with van der Waals surface area (Å²) >= 11 is 2.30. The zero-order valence-electron chi connectivity index (χ0n) is 18.0. The lowest BCUT2D eigenvalue weighted by atomic mass is 10.2. The summed E-state index contributed by atoms with van der Waals surface area (Å²) in [6, 6.07) is 10.8. The molecule has 0 bridgehead atoms. The molecule has 0 aliphatic carbocycles. The Hall–Kier alpha value is -3.90. The monoisotopic (exact) mass is 499 g/mol. The Bertz CT molecular complexity index is 1530. The Kier molecular flexibility index (Phi) is 6.52. The molecule has 2 aromatic carbocycles. The molecule has 0 unspecified atom stereocenters. The fourth-order valence-electron chi connectivity index (χ4n) is 3.24. The smallest absolute Gasteiger partial charge is 0.338 e. The molecule has 0 aliphatic rings. The number of nitro groups is 1. The van der Waals surface area contributed by atoms with Crippen molar-refractivity contribution in [1.82, 2.24) is 4.57 Å². The third kappa shape index (κ3) is 4.58. The molecule has 0 spiro atoms. The van der Waals surface area contributed by atoms with Gasteiger partial charge >= 0.3 is 11.9 Å². The molecule has 4 aromatic rings. The molecule has 10 nitrogen and oxygen atoms in total. The second kappa shape index (κ2) is 9.53. The van der Waals surface area contributed by atoms with Gasteiger partial charge in [0.2, 0.25) is 0 Å². The molecule has 174 valence electrons. The molecule has 4 rings (SSSR count). The molecular formula is C22H17N3O7S2. The van der Waals surface area contributed by atoms with Crippen molar-refractivity contribution in [2.75, 3.05) is 13.7 Å². The fraction of sp³-hybridized carbons (Fsp3) is 0.182. The topological polar surface area (TPSA) is 130 Å². The maximum Gasteiger partial charge on any atom is 0.338 e. The molecule has 34 heavy (non-hydrogen) atoms. The van der Waals surface area contributed by atoms with E-state index in [0.717, 1.165) is 22.7 Å². The summed E-state index contributed by atoms with van der Waals surface area (Å²) in [6.07, 6.45) is 0. The third-order valence-corrected chi connectivity index (χ3v) is 6.97. The molecule has 0 fully saturated rings. The minimum absolute atomic E-state index is 0.0703. The largest absolute Gasteiger partial charge is 0.468 e. The summed E-state index contributed by atoms with van der Waals surface area (Å²) in [6.45, 7) is 1.76. The van der Waals surface area contributed by atoms with Crippen molar-refractivity contribution in [1.29, 1.82) is 0 Å². The third-order valence-electron chi connectivity index (χ3n) is 4.83. The highest BCUT2D eigenvalue weighted by Gasteiger charge is 2.17. The highest BCUT2D eigenvalue weighted by atomic mass is 32.1. The summed E-state index contributed by atoms with van der Waals surface area (Å²) in [4.78, 5) is 52.3. The number of fused-ring (bicyclic) bond motifs is 2. The summed E-state index contributed by atoms with van der Waals surface area (Å²) in [5.41, 5.74) is 0.867. The van der Waals surface area contributed by atoms with Gasteiger partial charge in [-0.15, -0.1) is 11.3 Å². The van der Waals surface area contributed by atoms with E-state index in [2.05, 4.69) is 4.99 Å². The van der Waals surface area contributed by atoms with Crippen molar-refractivity contribution >= 4 is 66.5 Å². The van der Waals surface area contributed by atoms with Gasteiger partial charge in [-0.25, -0.2) is 4.79 Å². The Morgan fingerprint density at radius 2 is 1.88 bits per heavy atom. The van der Waals surface area contributed by atoms with Gasteiger partial charge in [0.1, 0.15) is 6.54 Å².